The van der Waals surface area contributed by atoms with Crippen molar-refractivity contribution in [1.29, 1.82) is 0 Å². The van der Waals surface area contributed by atoms with E-state index in [2.05, 4.69) is 6.92 Å². The molecule has 0 spiro atoms. The van der Waals surface area contributed by atoms with Crippen LogP contribution in [0.5, 0.6) is 0 Å². The van der Waals surface area contributed by atoms with Crippen LogP contribution in [-0.2, 0) is 0 Å². The summed E-state index contributed by atoms with van der Waals surface area (Å²) in [4.78, 5) is 13.8. The number of halogens is 1. The third-order valence-corrected chi connectivity index (χ3v) is 3.38. The van der Waals surface area contributed by atoms with Gasteiger partial charge in [0, 0.05) is 24.7 Å². The van der Waals surface area contributed by atoms with E-state index in [1.165, 1.54) is 12.1 Å². The largest absolute Gasteiger partial charge is 0.337 e. The monoisotopic (exact) mass is 236 g/mol. The van der Waals surface area contributed by atoms with Crippen LogP contribution in [0.4, 0.5) is 4.39 Å². The number of piperidine rings is 1. The molecule has 4 heteroatoms. The Kier molecular flexibility index (Phi) is 3.43. The first kappa shape index (κ1) is 12.0. The lowest BCUT2D eigenvalue weighted by atomic mass is 9.94. The van der Waals surface area contributed by atoms with Gasteiger partial charge in [-0.05, 0) is 30.5 Å². The van der Waals surface area contributed by atoms with Gasteiger partial charge in [0.25, 0.3) is 5.91 Å². The maximum Gasteiger partial charge on any atom is 0.254 e. The van der Waals surface area contributed by atoms with E-state index in [0.29, 0.717) is 24.6 Å². The number of nitrogens with zero attached hydrogens (tertiary/aromatic N) is 1. The topological polar surface area (TPSA) is 46.3 Å². The van der Waals surface area contributed by atoms with Crippen LogP contribution < -0.4 is 5.73 Å². The molecule has 3 nitrogen and oxygen atoms in total. The molecule has 1 heterocycles. The fraction of sp³-hybridized carbons (Fsp3) is 0.462. The molecule has 2 N–H and O–H groups in total. The third-order valence-electron chi connectivity index (χ3n) is 3.38. The van der Waals surface area contributed by atoms with Crippen molar-refractivity contribution in [3.8, 4) is 0 Å². The SMILES string of the molecule is CC1CCN(C(=O)c2cccc(F)c2)CC1N. The average molecular weight is 236 g/mol. The second kappa shape index (κ2) is 4.84. The maximum atomic E-state index is 13.0. The van der Waals surface area contributed by atoms with E-state index in [0.717, 1.165) is 6.42 Å². The lowest BCUT2D eigenvalue weighted by Gasteiger charge is -2.35. The maximum absolute atomic E-state index is 13.0. The van der Waals surface area contributed by atoms with Crippen LogP contribution in [0.2, 0.25) is 0 Å². The van der Waals surface area contributed by atoms with Crippen molar-refractivity contribution in [2.45, 2.75) is 19.4 Å². The third kappa shape index (κ3) is 2.64. The highest BCUT2D eigenvalue weighted by molar-refractivity contribution is 5.94. The van der Waals surface area contributed by atoms with E-state index < -0.39 is 0 Å². The normalized spacial score (nSPS) is 24.8. The molecule has 1 fully saturated rings. The van der Waals surface area contributed by atoms with Gasteiger partial charge in [-0.15, -0.1) is 0 Å². The van der Waals surface area contributed by atoms with Crippen LogP contribution in [0.15, 0.2) is 24.3 Å². The molecule has 0 saturated carbocycles. The number of likely N-dealkylation sites (tertiary alicyclic amines) is 1. The Morgan fingerprint density at radius 2 is 2.29 bits per heavy atom. The summed E-state index contributed by atoms with van der Waals surface area (Å²) < 4.78 is 13.0. The van der Waals surface area contributed by atoms with Crippen molar-refractivity contribution in [3.05, 3.63) is 35.6 Å². The lowest BCUT2D eigenvalue weighted by Crippen LogP contribution is -2.49. The Hall–Kier alpha value is -1.42. The summed E-state index contributed by atoms with van der Waals surface area (Å²) in [6, 6.07) is 5.80. The summed E-state index contributed by atoms with van der Waals surface area (Å²) in [6.45, 7) is 3.34. The number of rotatable bonds is 1. The molecule has 1 aliphatic rings. The minimum atomic E-state index is -0.384. The molecule has 2 atom stereocenters. The van der Waals surface area contributed by atoms with Crippen molar-refractivity contribution < 1.29 is 9.18 Å². The van der Waals surface area contributed by atoms with Crippen molar-refractivity contribution in [1.82, 2.24) is 4.90 Å². The van der Waals surface area contributed by atoms with Gasteiger partial charge in [-0.3, -0.25) is 4.79 Å². The van der Waals surface area contributed by atoms with E-state index >= 15 is 0 Å². The Balaban J connectivity index is 2.10. The van der Waals surface area contributed by atoms with Crippen molar-refractivity contribution in [2.24, 2.45) is 11.7 Å². The molecule has 1 aromatic rings. The average Bonchev–Trinajstić information content (AvgIpc) is 2.32. The molecule has 2 unspecified atom stereocenters. The van der Waals surface area contributed by atoms with Gasteiger partial charge >= 0.3 is 0 Å². The van der Waals surface area contributed by atoms with E-state index in [1.807, 2.05) is 0 Å². The lowest BCUT2D eigenvalue weighted by molar-refractivity contribution is 0.0672. The zero-order valence-corrected chi connectivity index (χ0v) is 9.90. The summed E-state index contributed by atoms with van der Waals surface area (Å²) in [5, 5.41) is 0. The summed E-state index contributed by atoms with van der Waals surface area (Å²) in [7, 11) is 0. The fourth-order valence-electron chi connectivity index (χ4n) is 2.09. The first-order valence-corrected chi connectivity index (χ1v) is 5.88. The van der Waals surface area contributed by atoms with Gasteiger partial charge in [-0.25, -0.2) is 4.39 Å². The molecule has 1 aliphatic heterocycles. The highest BCUT2D eigenvalue weighted by Crippen LogP contribution is 2.18. The molecular weight excluding hydrogens is 219 g/mol. The van der Waals surface area contributed by atoms with Gasteiger partial charge < -0.3 is 10.6 Å². The van der Waals surface area contributed by atoms with Gasteiger partial charge in [-0.1, -0.05) is 13.0 Å². The van der Waals surface area contributed by atoms with E-state index in [1.54, 1.807) is 17.0 Å². The number of benzene rings is 1. The van der Waals surface area contributed by atoms with Gasteiger partial charge in [0.15, 0.2) is 0 Å². The van der Waals surface area contributed by atoms with Crippen LogP contribution in [0.1, 0.15) is 23.7 Å². The minimum Gasteiger partial charge on any atom is -0.337 e. The van der Waals surface area contributed by atoms with Gasteiger partial charge in [0.05, 0.1) is 0 Å². The van der Waals surface area contributed by atoms with Crippen molar-refractivity contribution in [2.75, 3.05) is 13.1 Å². The van der Waals surface area contributed by atoms with Gasteiger partial charge in [-0.2, -0.15) is 0 Å². The second-order valence-electron chi connectivity index (χ2n) is 4.69. The highest BCUT2D eigenvalue weighted by Gasteiger charge is 2.26. The predicted octanol–water partition coefficient (Wildman–Crippen LogP) is 1.64. The van der Waals surface area contributed by atoms with Gasteiger partial charge in [0.1, 0.15) is 5.82 Å². The second-order valence-corrected chi connectivity index (χ2v) is 4.69. The molecule has 17 heavy (non-hydrogen) atoms. The van der Waals surface area contributed by atoms with E-state index in [4.69, 9.17) is 5.73 Å². The number of amides is 1. The quantitative estimate of drug-likeness (QED) is 0.805. The summed E-state index contributed by atoms with van der Waals surface area (Å²) in [6.07, 6.45) is 0.905. The minimum absolute atomic E-state index is 0.0151. The Labute approximate surface area is 100 Å². The van der Waals surface area contributed by atoms with E-state index in [9.17, 15) is 9.18 Å². The summed E-state index contributed by atoms with van der Waals surface area (Å²) in [5.41, 5.74) is 6.34. The van der Waals surface area contributed by atoms with Crippen LogP contribution in [-0.4, -0.2) is 29.9 Å². The number of hydrogen-bond acceptors (Lipinski definition) is 2. The number of nitrogens with two attached hydrogens (primary N) is 1. The number of carbonyl (C=O) groups excluding carboxylic acids is 1. The van der Waals surface area contributed by atoms with E-state index in [-0.39, 0.29) is 17.8 Å². The molecule has 0 bridgehead atoms. The zero-order chi connectivity index (χ0) is 12.4. The molecule has 2 rings (SSSR count). The zero-order valence-electron chi connectivity index (χ0n) is 9.90. The predicted molar refractivity (Wildman–Crippen MR) is 64.1 cm³/mol. The Bertz CT molecular complexity index is 422. The van der Waals surface area contributed by atoms with Crippen LogP contribution >= 0.6 is 0 Å². The van der Waals surface area contributed by atoms with Crippen LogP contribution in [0.3, 0.4) is 0 Å². The molecule has 0 aromatic heterocycles. The van der Waals surface area contributed by atoms with Crippen LogP contribution in [0.25, 0.3) is 0 Å². The van der Waals surface area contributed by atoms with Crippen molar-refractivity contribution >= 4 is 5.91 Å². The Morgan fingerprint density at radius 1 is 1.53 bits per heavy atom. The Morgan fingerprint density at radius 3 is 2.94 bits per heavy atom. The molecule has 0 radical (unpaired) electrons. The summed E-state index contributed by atoms with van der Waals surface area (Å²) >= 11 is 0. The molecule has 1 amide bonds. The molecule has 0 aliphatic carbocycles. The van der Waals surface area contributed by atoms with Crippen LogP contribution in [0, 0.1) is 11.7 Å². The highest BCUT2D eigenvalue weighted by atomic mass is 19.1. The summed E-state index contributed by atoms with van der Waals surface area (Å²) in [5.74, 6) is -0.0797. The molecular formula is C13H17FN2O. The first-order valence-electron chi connectivity index (χ1n) is 5.88. The number of carbonyl (C=O) groups is 1. The van der Waals surface area contributed by atoms with Crippen molar-refractivity contribution in [3.63, 3.8) is 0 Å². The molecule has 92 valence electrons. The number of hydrogen-bond donors (Lipinski definition) is 1. The van der Waals surface area contributed by atoms with Gasteiger partial charge in [0.2, 0.25) is 0 Å². The molecule has 1 aromatic carbocycles. The first-order chi connectivity index (χ1) is 8.08. The fourth-order valence-corrected chi connectivity index (χ4v) is 2.09. The standard InChI is InChI=1S/C13H17FN2O/c1-9-5-6-16(8-12(9)15)13(17)10-3-2-4-11(14)7-10/h2-4,7,9,12H,5-6,8,15H2,1H3. The molecule has 1 saturated heterocycles. The smallest absolute Gasteiger partial charge is 0.254 e.